The SMILES string of the molecule is CCCCNc1nc2ccccc2nc1NS(=O)(=O)c1cccc(C)c1. The van der Waals surface area contributed by atoms with E-state index in [1.807, 2.05) is 37.3 Å². The van der Waals surface area contributed by atoms with Crippen molar-refractivity contribution < 1.29 is 8.42 Å². The lowest BCUT2D eigenvalue weighted by atomic mass is 10.2. The molecule has 2 aromatic carbocycles. The summed E-state index contributed by atoms with van der Waals surface area (Å²) < 4.78 is 28.1. The molecule has 0 saturated carbocycles. The number of hydrogen-bond donors (Lipinski definition) is 2. The molecule has 3 aromatic rings. The lowest BCUT2D eigenvalue weighted by Gasteiger charge is -2.14. The maximum absolute atomic E-state index is 12.8. The van der Waals surface area contributed by atoms with Crippen molar-refractivity contribution in [3.8, 4) is 0 Å². The van der Waals surface area contributed by atoms with Gasteiger partial charge < -0.3 is 5.32 Å². The van der Waals surface area contributed by atoms with E-state index in [1.165, 1.54) is 0 Å². The molecule has 0 aliphatic heterocycles. The monoisotopic (exact) mass is 370 g/mol. The van der Waals surface area contributed by atoms with Crippen LogP contribution in [0, 0.1) is 6.92 Å². The first kappa shape index (κ1) is 18.1. The van der Waals surface area contributed by atoms with E-state index in [0.717, 1.165) is 18.4 Å². The number of aromatic nitrogens is 2. The molecule has 0 radical (unpaired) electrons. The van der Waals surface area contributed by atoms with Crippen LogP contribution in [0.4, 0.5) is 11.6 Å². The number of anilines is 2. The van der Waals surface area contributed by atoms with Gasteiger partial charge in [0.2, 0.25) is 0 Å². The molecule has 3 rings (SSSR count). The Balaban J connectivity index is 2.00. The van der Waals surface area contributed by atoms with E-state index in [-0.39, 0.29) is 10.7 Å². The Morgan fingerprint density at radius 2 is 1.65 bits per heavy atom. The minimum absolute atomic E-state index is 0.201. The van der Waals surface area contributed by atoms with Crippen molar-refractivity contribution in [1.82, 2.24) is 9.97 Å². The minimum atomic E-state index is -3.75. The normalized spacial score (nSPS) is 11.5. The molecule has 2 N–H and O–H groups in total. The second-order valence-corrected chi connectivity index (χ2v) is 7.79. The third-order valence-corrected chi connectivity index (χ3v) is 5.26. The summed E-state index contributed by atoms with van der Waals surface area (Å²) in [6.07, 6.45) is 1.98. The first-order chi connectivity index (χ1) is 12.5. The van der Waals surface area contributed by atoms with Gasteiger partial charge in [0.15, 0.2) is 11.6 Å². The fourth-order valence-corrected chi connectivity index (χ4v) is 3.66. The van der Waals surface area contributed by atoms with E-state index in [0.29, 0.717) is 23.4 Å². The van der Waals surface area contributed by atoms with E-state index in [1.54, 1.807) is 18.2 Å². The van der Waals surface area contributed by atoms with Crippen molar-refractivity contribution in [2.75, 3.05) is 16.6 Å². The summed E-state index contributed by atoms with van der Waals surface area (Å²) in [4.78, 5) is 9.21. The second-order valence-electron chi connectivity index (χ2n) is 6.11. The van der Waals surface area contributed by atoms with Gasteiger partial charge in [0.1, 0.15) is 0 Å². The van der Waals surface area contributed by atoms with Crippen LogP contribution >= 0.6 is 0 Å². The molecular weight excluding hydrogens is 348 g/mol. The number of fused-ring (bicyclic) bond motifs is 1. The standard InChI is InChI=1S/C19H22N4O2S/c1-3-4-12-20-18-19(22-17-11-6-5-10-16(17)21-18)23-26(24,25)15-9-7-8-14(2)13-15/h5-11,13H,3-4,12H2,1-2H3,(H,20,21)(H,22,23). The van der Waals surface area contributed by atoms with Gasteiger partial charge in [-0.25, -0.2) is 18.4 Å². The largest absolute Gasteiger partial charge is 0.367 e. The molecule has 0 saturated heterocycles. The maximum atomic E-state index is 12.8. The van der Waals surface area contributed by atoms with Gasteiger partial charge in [-0.2, -0.15) is 0 Å². The number of hydrogen-bond acceptors (Lipinski definition) is 5. The van der Waals surface area contributed by atoms with E-state index >= 15 is 0 Å². The molecular formula is C19H22N4O2S. The number of benzene rings is 2. The lowest BCUT2D eigenvalue weighted by Crippen LogP contribution is -2.17. The van der Waals surface area contributed by atoms with Crippen LogP contribution in [-0.2, 0) is 10.0 Å². The molecule has 136 valence electrons. The van der Waals surface area contributed by atoms with Gasteiger partial charge in [-0.15, -0.1) is 0 Å². The van der Waals surface area contributed by atoms with Crippen molar-refractivity contribution in [3.05, 3.63) is 54.1 Å². The number of sulfonamides is 1. The highest BCUT2D eigenvalue weighted by molar-refractivity contribution is 7.92. The van der Waals surface area contributed by atoms with Crippen molar-refractivity contribution >= 4 is 32.7 Å². The van der Waals surface area contributed by atoms with Crippen LogP contribution < -0.4 is 10.0 Å². The Bertz CT molecular complexity index is 1020. The molecule has 0 amide bonds. The highest BCUT2D eigenvalue weighted by atomic mass is 32.2. The van der Waals surface area contributed by atoms with E-state index in [2.05, 4.69) is 26.9 Å². The van der Waals surface area contributed by atoms with Gasteiger partial charge in [0, 0.05) is 6.54 Å². The third-order valence-electron chi connectivity index (χ3n) is 3.92. The fourth-order valence-electron chi connectivity index (χ4n) is 2.55. The van der Waals surface area contributed by atoms with E-state index in [9.17, 15) is 8.42 Å². The molecule has 0 unspecified atom stereocenters. The summed E-state index contributed by atoms with van der Waals surface area (Å²) in [5, 5.41) is 3.19. The Morgan fingerprint density at radius 3 is 2.31 bits per heavy atom. The summed E-state index contributed by atoms with van der Waals surface area (Å²) in [6, 6.07) is 14.1. The summed E-state index contributed by atoms with van der Waals surface area (Å²) in [7, 11) is -3.75. The molecule has 6 nitrogen and oxygen atoms in total. The second kappa shape index (κ2) is 7.70. The molecule has 0 atom stereocenters. The highest BCUT2D eigenvalue weighted by Gasteiger charge is 2.18. The number of unbranched alkanes of at least 4 members (excludes halogenated alkanes) is 1. The molecule has 0 fully saturated rings. The van der Waals surface area contributed by atoms with E-state index < -0.39 is 10.0 Å². The zero-order valence-electron chi connectivity index (χ0n) is 14.9. The topological polar surface area (TPSA) is 84.0 Å². The van der Waals surface area contributed by atoms with Crippen LogP contribution in [-0.4, -0.2) is 24.9 Å². The molecule has 1 heterocycles. The Kier molecular flexibility index (Phi) is 5.37. The van der Waals surface area contributed by atoms with Crippen LogP contribution in [0.3, 0.4) is 0 Å². The lowest BCUT2D eigenvalue weighted by molar-refractivity contribution is 0.601. The van der Waals surface area contributed by atoms with Crippen LogP contribution in [0.2, 0.25) is 0 Å². The zero-order valence-corrected chi connectivity index (χ0v) is 15.7. The summed E-state index contributed by atoms with van der Waals surface area (Å²) in [5.74, 6) is 0.648. The number of aryl methyl sites for hydroxylation is 1. The molecule has 26 heavy (non-hydrogen) atoms. The van der Waals surface area contributed by atoms with Crippen molar-refractivity contribution in [1.29, 1.82) is 0 Å². The quantitative estimate of drug-likeness (QED) is 0.615. The van der Waals surface area contributed by atoms with Gasteiger partial charge in [-0.05, 0) is 43.2 Å². The molecule has 0 aliphatic rings. The maximum Gasteiger partial charge on any atom is 0.263 e. The van der Waals surface area contributed by atoms with Gasteiger partial charge >= 0.3 is 0 Å². The van der Waals surface area contributed by atoms with Crippen LogP contribution in [0.1, 0.15) is 25.3 Å². The van der Waals surface area contributed by atoms with Crippen LogP contribution in [0.15, 0.2) is 53.4 Å². The fraction of sp³-hybridized carbons (Fsp3) is 0.263. The Hall–Kier alpha value is -2.67. The molecule has 0 bridgehead atoms. The minimum Gasteiger partial charge on any atom is -0.367 e. The van der Waals surface area contributed by atoms with Crippen LogP contribution in [0.5, 0.6) is 0 Å². The first-order valence-electron chi connectivity index (χ1n) is 8.60. The Labute approximate surface area is 153 Å². The smallest absolute Gasteiger partial charge is 0.263 e. The van der Waals surface area contributed by atoms with Gasteiger partial charge in [0.05, 0.1) is 15.9 Å². The predicted molar refractivity (Wildman–Crippen MR) is 105 cm³/mol. The number of para-hydroxylation sites is 2. The zero-order chi connectivity index (χ0) is 18.6. The Morgan fingerprint density at radius 1 is 0.962 bits per heavy atom. The average molecular weight is 370 g/mol. The predicted octanol–water partition coefficient (Wildman–Crippen LogP) is 3.95. The summed E-state index contributed by atoms with van der Waals surface area (Å²) >= 11 is 0. The first-order valence-corrected chi connectivity index (χ1v) is 10.1. The number of rotatable bonds is 7. The highest BCUT2D eigenvalue weighted by Crippen LogP contribution is 2.24. The molecule has 1 aromatic heterocycles. The van der Waals surface area contributed by atoms with Crippen molar-refractivity contribution in [3.63, 3.8) is 0 Å². The van der Waals surface area contributed by atoms with E-state index in [4.69, 9.17) is 0 Å². The third kappa shape index (κ3) is 4.11. The van der Waals surface area contributed by atoms with Gasteiger partial charge in [0.25, 0.3) is 10.0 Å². The molecule has 7 heteroatoms. The van der Waals surface area contributed by atoms with Crippen molar-refractivity contribution in [2.45, 2.75) is 31.6 Å². The van der Waals surface area contributed by atoms with Crippen molar-refractivity contribution in [2.24, 2.45) is 0 Å². The summed E-state index contributed by atoms with van der Waals surface area (Å²) in [5.41, 5.74) is 2.22. The number of nitrogens with one attached hydrogen (secondary N) is 2. The molecule has 0 aliphatic carbocycles. The average Bonchev–Trinajstić information content (AvgIpc) is 2.62. The van der Waals surface area contributed by atoms with Gasteiger partial charge in [-0.1, -0.05) is 37.6 Å². The van der Waals surface area contributed by atoms with Gasteiger partial charge in [-0.3, -0.25) is 4.72 Å². The number of nitrogens with zero attached hydrogens (tertiary/aromatic N) is 2. The van der Waals surface area contributed by atoms with Crippen LogP contribution in [0.25, 0.3) is 11.0 Å². The summed E-state index contributed by atoms with van der Waals surface area (Å²) in [6.45, 7) is 4.64. The molecule has 0 spiro atoms.